The Labute approximate surface area is 141 Å². The molecule has 0 saturated carbocycles. The Balaban J connectivity index is 1.84. The van der Waals surface area contributed by atoms with Crippen LogP contribution in [0, 0.1) is 5.92 Å². The van der Waals surface area contributed by atoms with Crippen molar-refractivity contribution in [2.45, 2.75) is 45.1 Å². The van der Waals surface area contributed by atoms with E-state index in [-0.39, 0.29) is 5.41 Å². The third-order valence-corrected chi connectivity index (χ3v) is 5.38. The smallest absolute Gasteiger partial charge is 0.0469 e. The molecule has 2 saturated heterocycles. The quantitative estimate of drug-likeness (QED) is 0.925. The number of piperazine rings is 1. The topological polar surface area (TPSA) is 24.5 Å². The molecule has 2 aliphatic rings. The van der Waals surface area contributed by atoms with E-state index < -0.39 is 0 Å². The maximum atomic E-state index is 5.61. The Morgan fingerprint density at radius 3 is 2.22 bits per heavy atom. The molecule has 0 bridgehead atoms. The third kappa shape index (κ3) is 4.14. The molecule has 1 aromatic carbocycles. The van der Waals surface area contributed by atoms with E-state index in [1.54, 1.807) is 0 Å². The number of hydrogen-bond donors (Lipinski definition) is 1. The molecule has 1 atom stereocenters. The van der Waals surface area contributed by atoms with Crippen LogP contribution >= 0.6 is 0 Å². The fourth-order valence-corrected chi connectivity index (χ4v) is 3.95. The highest BCUT2D eigenvalue weighted by Crippen LogP contribution is 2.36. The number of hydrogen-bond acceptors (Lipinski definition) is 3. The van der Waals surface area contributed by atoms with Crippen molar-refractivity contribution in [1.82, 2.24) is 10.2 Å². The van der Waals surface area contributed by atoms with Gasteiger partial charge in [0, 0.05) is 45.4 Å². The minimum Gasteiger partial charge on any atom is -0.381 e. The second-order valence-corrected chi connectivity index (χ2v) is 8.05. The van der Waals surface area contributed by atoms with Gasteiger partial charge in [-0.15, -0.1) is 0 Å². The molecule has 128 valence electrons. The summed E-state index contributed by atoms with van der Waals surface area (Å²) in [6.45, 7) is 13.2. The van der Waals surface area contributed by atoms with Crippen LogP contribution in [-0.4, -0.2) is 44.3 Å². The lowest BCUT2D eigenvalue weighted by atomic mass is 9.82. The highest BCUT2D eigenvalue weighted by Gasteiger charge is 2.31. The second-order valence-electron chi connectivity index (χ2n) is 8.05. The molecular weight excluding hydrogens is 284 g/mol. The van der Waals surface area contributed by atoms with Gasteiger partial charge in [0.05, 0.1) is 0 Å². The van der Waals surface area contributed by atoms with Gasteiger partial charge in [0.1, 0.15) is 0 Å². The van der Waals surface area contributed by atoms with Crippen LogP contribution < -0.4 is 5.32 Å². The van der Waals surface area contributed by atoms with Gasteiger partial charge in [-0.05, 0) is 35.3 Å². The Morgan fingerprint density at radius 2 is 1.65 bits per heavy atom. The molecule has 23 heavy (non-hydrogen) atoms. The van der Waals surface area contributed by atoms with Crippen LogP contribution in [0.3, 0.4) is 0 Å². The zero-order chi connectivity index (χ0) is 16.3. The monoisotopic (exact) mass is 316 g/mol. The zero-order valence-electron chi connectivity index (χ0n) is 15.0. The maximum absolute atomic E-state index is 5.61. The summed E-state index contributed by atoms with van der Waals surface area (Å²) in [6, 6.07) is 9.98. The van der Waals surface area contributed by atoms with Crippen molar-refractivity contribution >= 4 is 0 Å². The average Bonchev–Trinajstić information content (AvgIpc) is 2.57. The van der Waals surface area contributed by atoms with Crippen LogP contribution in [0.2, 0.25) is 0 Å². The highest BCUT2D eigenvalue weighted by atomic mass is 16.5. The predicted molar refractivity (Wildman–Crippen MR) is 95.9 cm³/mol. The minimum atomic E-state index is 0.224. The summed E-state index contributed by atoms with van der Waals surface area (Å²) in [7, 11) is 0. The number of rotatable bonds is 3. The van der Waals surface area contributed by atoms with Gasteiger partial charge in [-0.1, -0.05) is 45.0 Å². The average molecular weight is 316 g/mol. The molecule has 1 aromatic rings. The summed E-state index contributed by atoms with van der Waals surface area (Å²) in [5.74, 6) is 0.724. The molecule has 2 heterocycles. The minimum absolute atomic E-state index is 0.224. The van der Waals surface area contributed by atoms with E-state index in [2.05, 4.69) is 55.3 Å². The Hall–Kier alpha value is -0.900. The summed E-state index contributed by atoms with van der Waals surface area (Å²) < 4.78 is 5.61. The van der Waals surface area contributed by atoms with Gasteiger partial charge < -0.3 is 10.1 Å². The molecule has 2 fully saturated rings. The molecule has 1 N–H and O–H groups in total. The second kappa shape index (κ2) is 7.33. The third-order valence-electron chi connectivity index (χ3n) is 5.38. The van der Waals surface area contributed by atoms with Crippen LogP contribution in [0.4, 0.5) is 0 Å². The zero-order valence-corrected chi connectivity index (χ0v) is 15.0. The molecule has 0 aliphatic carbocycles. The molecule has 2 aliphatic heterocycles. The van der Waals surface area contributed by atoms with Crippen LogP contribution in [0.15, 0.2) is 24.3 Å². The predicted octanol–water partition coefficient (Wildman–Crippen LogP) is 3.36. The van der Waals surface area contributed by atoms with E-state index >= 15 is 0 Å². The van der Waals surface area contributed by atoms with E-state index in [1.807, 2.05) is 0 Å². The SMILES string of the molecule is CC(C)(C)c1ccc([C@@H](C2CCOCC2)N2CCNCC2)cc1. The largest absolute Gasteiger partial charge is 0.381 e. The molecule has 3 nitrogen and oxygen atoms in total. The van der Waals surface area contributed by atoms with Crippen LogP contribution in [0.25, 0.3) is 0 Å². The van der Waals surface area contributed by atoms with E-state index in [0.29, 0.717) is 6.04 Å². The first-order chi connectivity index (χ1) is 11.1. The van der Waals surface area contributed by atoms with Crippen molar-refractivity contribution in [3.63, 3.8) is 0 Å². The van der Waals surface area contributed by atoms with Gasteiger partial charge in [-0.25, -0.2) is 0 Å². The van der Waals surface area contributed by atoms with Crippen molar-refractivity contribution in [1.29, 1.82) is 0 Å². The van der Waals surface area contributed by atoms with Gasteiger partial charge in [0.2, 0.25) is 0 Å². The van der Waals surface area contributed by atoms with Gasteiger partial charge in [0.15, 0.2) is 0 Å². The standard InChI is InChI=1S/C20H32N2O/c1-20(2,3)18-6-4-16(5-7-18)19(17-8-14-23-15-9-17)22-12-10-21-11-13-22/h4-7,17,19,21H,8-15H2,1-3H3/t19-/m0/s1. The van der Waals surface area contributed by atoms with Gasteiger partial charge in [0.25, 0.3) is 0 Å². The highest BCUT2D eigenvalue weighted by molar-refractivity contribution is 5.30. The lowest BCUT2D eigenvalue weighted by molar-refractivity contribution is 0.0213. The molecule has 3 rings (SSSR count). The van der Waals surface area contributed by atoms with Crippen molar-refractivity contribution in [2.75, 3.05) is 39.4 Å². The lowest BCUT2D eigenvalue weighted by Crippen LogP contribution is -2.47. The molecule has 0 unspecified atom stereocenters. The Bertz CT molecular complexity index is 461. The summed E-state index contributed by atoms with van der Waals surface area (Å²) in [6.07, 6.45) is 2.38. The fourth-order valence-electron chi connectivity index (χ4n) is 3.95. The van der Waals surface area contributed by atoms with Gasteiger partial charge in [-0.2, -0.15) is 0 Å². The fraction of sp³-hybridized carbons (Fsp3) is 0.700. The maximum Gasteiger partial charge on any atom is 0.0469 e. The van der Waals surface area contributed by atoms with Crippen LogP contribution in [0.1, 0.15) is 50.8 Å². The summed E-state index contributed by atoms with van der Waals surface area (Å²) in [5.41, 5.74) is 3.14. The van der Waals surface area contributed by atoms with Gasteiger partial charge in [-0.3, -0.25) is 4.90 Å². The summed E-state index contributed by atoms with van der Waals surface area (Å²) in [4.78, 5) is 2.69. The Morgan fingerprint density at radius 1 is 1.04 bits per heavy atom. The summed E-state index contributed by atoms with van der Waals surface area (Å²) >= 11 is 0. The lowest BCUT2D eigenvalue weighted by Gasteiger charge is -2.41. The van der Waals surface area contributed by atoms with E-state index in [0.717, 1.165) is 45.3 Å². The van der Waals surface area contributed by atoms with E-state index in [1.165, 1.54) is 24.0 Å². The van der Waals surface area contributed by atoms with Crippen LogP contribution in [0.5, 0.6) is 0 Å². The first-order valence-corrected chi connectivity index (χ1v) is 9.18. The molecule has 3 heteroatoms. The normalized spacial score (nSPS) is 22.9. The number of nitrogens with zero attached hydrogens (tertiary/aromatic N) is 1. The first kappa shape index (κ1) is 16.9. The number of benzene rings is 1. The molecular formula is C20H32N2O. The molecule has 0 amide bonds. The molecule has 0 radical (unpaired) electrons. The summed E-state index contributed by atoms with van der Waals surface area (Å²) in [5, 5.41) is 3.49. The van der Waals surface area contributed by atoms with Crippen molar-refractivity contribution in [3.8, 4) is 0 Å². The van der Waals surface area contributed by atoms with Crippen molar-refractivity contribution < 1.29 is 4.74 Å². The first-order valence-electron chi connectivity index (χ1n) is 9.18. The van der Waals surface area contributed by atoms with Crippen molar-refractivity contribution in [3.05, 3.63) is 35.4 Å². The molecule has 0 spiro atoms. The van der Waals surface area contributed by atoms with E-state index in [9.17, 15) is 0 Å². The van der Waals surface area contributed by atoms with Gasteiger partial charge >= 0.3 is 0 Å². The van der Waals surface area contributed by atoms with E-state index in [4.69, 9.17) is 4.74 Å². The Kier molecular flexibility index (Phi) is 5.40. The number of ether oxygens (including phenoxy) is 1. The molecule has 0 aromatic heterocycles. The van der Waals surface area contributed by atoms with Crippen LogP contribution in [-0.2, 0) is 10.2 Å². The van der Waals surface area contributed by atoms with Crippen molar-refractivity contribution in [2.24, 2.45) is 5.92 Å². The number of nitrogens with one attached hydrogen (secondary N) is 1.